The number of rotatable bonds is 5. The number of carbonyl (C=O) groups is 1. The molecule has 4 heteroatoms. The predicted molar refractivity (Wildman–Crippen MR) is 97.5 cm³/mol. The molecular weight excluding hydrogens is 314 g/mol. The summed E-state index contributed by atoms with van der Waals surface area (Å²) in [5.74, 6) is 0.502. The van der Waals surface area contributed by atoms with Crippen LogP contribution in [0, 0.1) is 5.92 Å². The third-order valence-electron chi connectivity index (χ3n) is 5.11. The maximum absolute atomic E-state index is 12.1. The number of phenols is 1. The van der Waals surface area contributed by atoms with Crippen LogP contribution in [-0.4, -0.2) is 28.3 Å². The van der Waals surface area contributed by atoms with Gasteiger partial charge >= 0.3 is 0 Å². The molecule has 0 heterocycles. The number of benzene rings is 2. The van der Waals surface area contributed by atoms with Gasteiger partial charge in [-0.2, -0.15) is 0 Å². The highest BCUT2D eigenvalue weighted by molar-refractivity contribution is 5.94. The van der Waals surface area contributed by atoms with Crippen molar-refractivity contribution in [2.75, 3.05) is 6.54 Å². The zero-order valence-electron chi connectivity index (χ0n) is 14.3. The van der Waals surface area contributed by atoms with Gasteiger partial charge in [0.15, 0.2) is 0 Å². The average molecular weight is 339 g/mol. The summed E-state index contributed by atoms with van der Waals surface area (Å²) in [6.07, 6.45) is 4.42. The molecule has 1 aliphatic carbocycles. The SMILES string of the molecule is O=C(NC[C@]1(O)CC[C@H](Cc2ccccc2)CC1)c1ccc(O)cc1. The molecule has 0 atom stereocenters. The Balaban J connectivity index is 1.47. The molecule has 0 spiro atoms. The van der Waals surface area contributed by atoms with E-state index in [2.05, 4.69) is 29.6 Å². The first-order chi connectivity index (χ1) is 12.0. The van der Waals surface area contributed by atoms with Gasteiger partial charge in [0.1, 0.15) is 5.75 Å². The molecule has 1 aliphatic rings. The first-order valence-corrected chi connectivity index (χ1v) is 8.88. The van der Waals surface area contributed by atoms with Crippen molar-refractivity contribution < 1.29 is 15.0 Å². The van der Waals surface area contributed by atoms with Gasteiger partial charge in [-0.25, -0.2) is 0 Å². The Labute approximate surface area is 148 Å². The van der Waals surface area contributed by atoms with Crippen molar-refractivity contribution in [2.45, 2.75) is 37.7 Å². The van der Waals surface area contributed by atoms with E-state index < -0.39 is 5.60 Å². The van der Waals surface area contributed by atoms with Gasteiger partial charge in [-0.1, -0.05) is 30.3 Å². The van der Waals surface area contributed by atoms with Crippen molar-refractivity contribution in [1.82, 2.24) is 5.32 Å². The van der Waals surface area contributed by atoms with Crippen molar-refractivity contribution in [3.63, 3.8) is 0 Å². The van der Waals surface area contributed by atoms with Gasteiger partial charge in [0.05, 0.1) is 5.60 Å². The van der Waals surface area contributed by atoms with E-state index in [4.69, 9.17) is 0 Å². The van der Waals surface area contributed by atoms with Gasteiger partial charge in [0.2, 0.25) is 0 Å². The highest BCUT2D eigenvalue weighted by Gasteiger charge is 2.33. The highest BCUT2D eigenvalue weighted by atomic mass is 16.3. The molecule has 0 bridgehead atoms. The predicted octanol–water partition coefficient (Wildman–Crippen LogP) is 3.29. The summed E-state index contributed by atoms with van der Waals surface area (Å²) in [7, 11) is 0. The summed E-state index contributed by atoms with van der Waals surface area (Å²) in [6, 6.07) is 16.6. The van der Waals surface area contributed by atoms with Gasteiger partial charge < -0.3 is 15.5 Å². The van der Waals surface area contributed by atoms with Gasteiger partial charge in [0, 0.05) is 12.1 Å². The molecule has 2 aromatic carbocycles. The molecule has 0 aromatic heterocycles. The fraction of sp³-hybridized carbons (Fsp3) is 0.381. The third kappa shape index (κ3) is 4.83. The number of aromatic hydroxyl groups is 1. The molecule has 0 aliphatic heterocycles. The molecule has 3 N–H and O–H groups in total. The summed E-state index contributed by atoms with van der Waals surface area (Å²) in [5, 5.41) is 22.8. The maximum Gasteiger partial charge on any atom is 0.251 e. The van der Waals surface area contributed by atoms with Crippen LogP contribution in [0.1, 0.15) is 41.6 Å². The number of amides is 1. The lowest BCUT2D eigenvalue weighted by molar-refractivity contribution is -0.00742. The summed E-state index contributed by atoms with van der Waals surface area (Å²) in [6.45, 7) is 0.269. The molecule has 2 aromatic rings. The second kappa shape index (κ2) is 7.70. The number of hydrogen-bond acceptors (Lipinski definition) is 3. The molecule has 1 fully saturated rings. The average Bonchev–Trinajstić information content (AvgIpc) is 2.63. The van der Waals surface area contributed by atoms with Crippen molar-refractivity contribution in [3.05, 3.63) is 65.7 Å². The van der Waals surface area contributed by atoms with Crippen molar-refractivity contribution in [1.29, 1.82) is 0 Å². The quantitative estimate of drug-likeness (QED) is 0.783. The molecule has 25 heavy (non-hydrogen) atoms. The lowest BCUT2D eigenvalue weighted by Crippen LogP contribution is -2.45. The summed E-state index contributed by atoms with van der Waals surface area (Å²) >= 11 is 0. The van der Waals surface area contributed by atoms with Crippen LogP contribution in [0.2, 0.25) is 0 Å². The van der Waals surface area contributed by atoms with E-state index in [9.17, 15) is 15.0 Å². The molecule has 1 amide bonds. The lowest BCUT2D eigenvalue weighted by Gasteiger charge is -2.36. The Morgan fingerprint density at radius 3 is 2.32 bits per heavy atom. The normalized spacial score (nSPS) is 23.2. The minimum absolute atomic E-state index is 0.131. The number of aliphatic hydroxyl groups is 1. The van der Waals surface area contributed by atoms with E-state index in [1.165, 1.54) is 17.7 Å². The Hall–Kier alpha value is -2.33. The van der Waals surface area contributed by atoms with Crippen molar-refractivity contribution >= 4 is 5.91 Å². The van der Waals surface area contributed by atoms with E-state index in [0.717, 1.165) is 19.3 Å². The minimum atomic E-state index is -0.820. The Morgan fingerprint density at radius 2 is 1.68 bits per heavy atom. The fourth-order valence-electron chi connectivity index (χ4n) is 3.50. The minimum Gasteiger partial charge on any atom is -0.508 e. The van der Waals surface area contributed by atoms with Gasteiger partial charge in [-0.05, 0) is 67.9 Å². The van der Waals surface area contributed by atoms with Crippen LogP contribution in [0.25, 0.3) is 0 Å². The van der Waals surface area contributed by atoms with Gasteiger partial charge in [-0.3, -0.25) is 4.79 Å². The number of hydrogen-bond donors (Lipinski definition) is 3. The van der Waals surface area contributed by atoms with Crippen LogP contribution in [0.15, 0.2) is 54.6 Å². The van der Waals surface area contributed by atoms with Crippen LogP contribution in [0.4, 0.5) is 0 Å². The molecule has 1 saturated carbocycles. The molecular formula is C21H25NO3. The van der Waals surface area contributed by atoms with Gasteiger partial charge in [0.25, 0.3) is 5.91 Å². The smallest absolute Gasteiger partial charge is 0.251 e. The number of phenolic OH excluding ortho intramolecular Hbond substituents is 1. The summed E-state index contributed by atoms with van der Waals surface area (Å²) < 4.78 is 0. The second-order valence-corrected chi connectivity index (χ2v) is 7.09. The van der Waals surface area contributed by atoms with E-state index >= 15 is 0 Å². The standard InChI is InChI=1S/C21H25NO3/c23-19-8-6-18(7-9-19)20(24)22-15-21(25)12-10-17(11-13-21)14-16-4-2-1-3-5-16/h1-9,17,23,25H,10-15H2,(H,22,24)/t17-,21-. The topological polar surface area (TPSA) is 69.6 Å². The maximum atomic E-state index is 12.1. The van der Waals surface area contributed by atoms with Crippen molar-refractivity contribution in [2.24, 2.45) is 5.92 Å². The molecule has 0 saturated heterocycles. The summed E-state index contributed by atoms with van der Waals surface area (Å²) in [4.78, 5) is 12.1. The van der Waals surface area contributed by atoms with Crippen LogP contribution in [-0.2, 0) is 6.42 Å². The van der Waals surface area contributed by atoms with Crippen LogP contribution in [0.5, 0.6) is 5.75 Å². The van der Waals surface area contributed by atoms with E-state index in [0.29, 0.717) is 24.3 Å². The molecule has 132 valence electrons. The fourth-order valence-corrected chi connectivity index (χ4v) is 3.50. The van der Waals surface area contributed by atoms with E-state index in [-0.39, 0.29) is 18.2 Å². The van der Waals surface area contributed by atoms with Crippen LogP contribution < -0.4 is 5.32 Å². The zero-order valence-corrected chi connectivity index (χ0v) is 14.3. The van der Waals surface area contributed by atoms with E-state index in [1.54, 1.807) is 12.1 Å². The molecule has 0 unspecified atom stereocenters. The Bertz CT molecular complexity index is 689. The Kier molecular flexibility index (Phi) is 5.39. The first-order valence-electron chi connectivity index (χ1n) is 8.88. The Morgan fingerprint density at radius 1 is 1.04 bits per heavy atom. The molecule has 4 nitrogen and oxygen atoms in total. The number of nitrogens with one attached hydrogen (secondary N) is 1. The third-order valence-corrected chi connectivity index (χ3v) is 5.11. The van der Waals surface area contributed by atoms with Crippen LogP contribution >= 0.6 is 0 Å². The zero-order chi connectivity index (χ0) is 17.7. The first kappa shape index (κ1) is 17.5. The van der Waals surface area contributed by atoms with Gasteiger partial charge in [-0.15, -0.1) is 0 Å². The summed E-state index contributed by atoms with van der Waals surface area (Å²) in [5.41, 5.74) is 1.01. The highest BCUT2D eigenvalue weighted by Crippen LogP contribution is 2.33. The van der Waals surface area contributed by atoms with Crippen molar-refractivity contribution in [3.8, 4) is 5.75 Å². The molecule has 3 rings (SSSR count). The largest absolute Gasteiger partial charge is 0.508 e. The van der Waals surface area contributed by atoms with Crippen LogP contribution in [0.3, 0.4) is 0 Å². The van der Waals surface area contributed by atoms with E-state index in [1.807, 2.05) is 6.07 Å². The monoisotopic (exact) mass is 339 g/mol. The number of carbonyl (C=O) groups excluding carboxylic acids is 1. The molecule has 0 radical (unpaired) electrons. The second-order valence-electron chi connectivity index (χ2n) is 7.09. The lowest BCUT2D eigenvalue weighted by atomic mass is 9.76.